The number of nitrogens with zero attached hydrogens (tertiary/aromatic N) is 3. The Labute approximate surface area is 147 Å². The second-order valence-corrected chi connectivity index (χ2v) is 6.77. The lowest BCUT2D eigenvalue weighted by Gasteiger charge is -2.33. The first-order chi connectivity index (χ1) is 11.9. The molecule has 6 heteroatoms. The van der Waals surface area contributed by atoms with Gasteiger partial charge in [-0.2, -0.15) is 5.10 Å². The first kappa shape index (κ1) is 17.2. The topological polar surface area (TPSA) is 67.2 Å². The lowest BCUT2D eigenvalue weighted by molar-refractivity contribution is -0.120. The van der Waals surface area contributed by atoms with E-state index < -0.39 is 0 Å². The van der Waals surface area contributed by atoms with Crippen LogP contribution in [0.4, 0.5) is 11.4 Å². The summed E-state index contributed by atoms with van der Waals surface area (Å²) in [6.45, 7) is 5.45. The van der Waals surface area contributed by atoms with Gasteiger partial charge in [0.2, 0.25) is 5.91 Å². The smallest absolute Gasteiger partial charge is 0.268 e. The SMILES string of the molecule is Cc1ccc(C)c(NC(=O)[C@@H]2CCCN(c3cnn(C)c(=O)c3)C2)c1. The molecular weight excluding hydrogens is 316 g/mol. The third kappa shape index (κ3) is 3.90. The normalized spacial score (nSPS) is 17.4. The van der Waals surface area contributed by atoms with Crippen LogP contribution in [-0.4, -0.2) is 28.8 Å². The van der Waals surface area contributed by atoms with Crippen molar-refractivity contribution in [1.29, 1.82) is 0 Å². The van der Waals surface area contributed by atoms with E-state index >= 15 is 0 Å². The van der Waals surface area contributed by atoms with Crippen LogP contribution < -0.4 is 15.8 Å². The maximum absolute atomic E-state index is 12.7. The van der Waals surface area contributed by atoms with Crippen LogP contribution in [-0.2, 0) is 11.8 Å². The molecule has 3 rings (SSSR count). The van der Waals surface area contributed by atoms with E-state index in [1.165, 1.54) is 4.68 Å². The fourth-order valence-electron chi connectivity index (χ4n) is 3.16. The van der Waals surface area contributed by atoms with Gasteiger partial charge >= 0.3 is 0 Å². The molecular formula is C19H24N4O2. The van der Waals surface area contributed by atoms with Gasteiger partial charge in [-0.15, -0.1) is 0 Å². The summed E-state index contributed by atoms with van der Waals surface area (Å²) >= 11 is 0. The van der Waals surface area contributed by atoms with E-state index in [2.05, 4.69) is 15.3 Å². The molecule has 25 heavy (non-hydrogen) atoms. The van der Waals surface area contributed by atoms with E-state index in [1.807, 2.05) is 32.0 Å². The zero-order valence-electron chi connectivity index (χ0n) is 15.0. The monoisotopic (exact) mass is 340 g/mol. The Morgan fingerprint density at radius 3 is 2.84 bits per heavy atom. The molecule has 0 saturated carbocycles. The van der Waals surface area contributed by atoms with Crippen molar-refractivity contribution in [3.05, 3.63) is 51.9 Å². The minimum absolute atomic E-state index is 0.0372. The van der Waals surface area contributed by atoms with E-state index in [1.54, 1.807) is 19.3 Å². The van der Waals surface area contributed by atoms with Crippen LogP contribution in [0.5, 0.6) is 0 Å². The van der Waals surface area contributed by atoms with Crippen molar-refractivity contribution in [3.63, 3.8) is 0 Å². The van der Waals surface area contributed by atoms with Gasteiger partial charge in [0.25, 0.3) is 5.56 Å². The maximum Gasteiger partial charge on any atom is 0.268 e. The fourth-order valence-corrected chi connectivity index (χ4v) is 3.16. The molecule has 0 unspecified atom stereocenters. The average Bonchev–Trinajstić information content (AvgIpc) is 2.60. The Balaban J connectivity index is 1.72. The lowest BCUT2D eigenvalue weighted by Crippen LogP contribution is -2.41. The van der Waals surface area contributed by atoms with Gasteiger partial charge < -0.3 is 10.2 Å². The van der Waals surface area contributed by atoms with E-state index in [4.69, 9.17) is 0 Å². The third-order valence-corrected chi connectivity index (χ3v) is 4.76. The number of anilines is 2. The number of aryl methyl sites for hydroxylation is 3. The molecule has 0 radical (unpaired) electrons. The number of benzene rings is 1. The summed E-state index contributed by atoms with van der Waals surface area (Å²) in [5.74, 6) is -0.0621. The number of aromatic nitrogens is 2. The zero-order chi connectivity index (χ0) is 18.0. The Bertz CT molecular complexity index is 844. The zero-order valence-corrected chi connectivity index (χ0v) is 15.0. The van der Waals surface area contributed by atoms with Crippen molar-refractivity contribution in [1.82, 2.24) is 9.78 Å². The van der Waals surface area contributed by atoms with E-state index in [-0.39, 0.29) is 17.4 Å². The molecule has 1 aliphatic rings. The summed E-state index contributed by atoms with van der Waals surface area (Å²) in [6.07, 6.45) is 3.46. The largest absolute Gasteiger partial charge is 0.369 e. The van der Waals surface area contributed by atoms with Gasteiger partial charge in [0.15, 0.2) is 0 Å². The molecule has 1 amide bonds. The second-order valence-electron chi connectivity index (χ2n) is 6.77. The summed E-state index contributed by atoms with van der Waals surface area (Å²) in [5.41, 5.74) is 3.70. The number of piperidine rings is 1. The summed E-state index contributed by atoms with van der Waals surface area (Å²) in [7, 11) is 1.63. The summed E-state index contributed by atoms with van der Waals surface area (Å²) in [4.78, 5) is 26.6. The molecule has 2 aromatic rings. The van der Waals surface area contributed by atoms with Crippen molar-refractivity contribution in [2.24, 2.45) is 13.0 Å². The predicted molar refractivity (Wildman–Crippen MR) is 99.0 cm³/mol. The summed E-state index contributed by atoms with van der Waals surface area (Å²) < 4.78 is 1.30. The highest BCUT2D eigenvalue weighted by atomic mass is 16.2. The van der Waals surface area contributed by atoms with Gasteiger partial charge in [0.05, 0.1) is 17.8 Å². The molecule has 2 heterocycles. The average molecular weight is 340 g/mol. The molecule has 1 aromatic carbocycles. The first-order valence-corrected chi connectivity index (χ1v) is 8.60. The Morgan fingerprint density at radius 1 is 1.28 bits per heavy atom. The number of hydrogen-bond acceptors (Lipinski definition) is 4. The predicted octanol–water partition coefficient (Wildman–Crippen LogP) is 2.25. The quantitative estimate of drug-likeness (QED) is 0.931. The molecule has 1 saturated heterocycles. The number of rotatable bonds is 3. The highest BCUT2D eigenvalue weighted by Crippen LogP contribution is 2.24. The second kappa shape index (κ2) is 7.09. The van der Waals surface area contributed by atoms with E-state index in [0.717, 1.165) is 41.9 Å². The van der Waals surface area contributed by atoms with Crippen molar-refractivity contribution in [3.8, 4) is 0 Å². The van der Waals surface area contributed by atoms with Gasteiger partial charge in [-0.05, 0) is 43.9 Å². The maximum atomic E-state index is 12.7. The van der Waals surface area contributed by atoms with Crippen LogP contribution in [0.3, 0.4) is 0 Å². The van der Waals surface area contributed by atoms with Gasteiger partial charge in [-0.3, -0.25) is 9.59 Å². The van der Waals surface area contributed by atoms with Gasteiger partial charge in [-0.1, -0.05) is 12.1 Å². The van der Waals surface area contributed by atoms with Gasteiger partial charge in [0.1, 0.15) is 0 Å². The van der Waals surface area contributed by atoms with E-state index in [9.17, 15) is 9.59 Å². The number of hydrogen-bond donors (Lipinski definition) is 1. The molecule has 6 nitrogen and oxygen atoms in total. The summed E-state index contributed by atoms with van der Waals surface area (Å²) in [6, 6.07) is 7.64. The van der Waals surface area contributed by atoms with Crippen LogP contribution in [0, 0.1) is 19.8 Å². The highest BCUT2D eigenvalue weighted by molar-refractivity contribution is 5.93. The molecule has 1 atom stereocenters. The molecule has 1 aromatic heterocycles. The fraction of sp³-hybridized carbons (Fsp3) is 0.421. The molecule has 1 aliphatic heterocycles. The van der Waals surface area contributed by atoms with Gasteiger partial charge in [0, 0.05) is 31.9 Å². The van der Waals surface area contributed by atoms with Crippen molar-refractivity contribution < 1.29 is 4.79 Å². The van der Waals surface area contributed by atoms with Crippen LogP contribution in [0.2, 0.25) is 0 Å². The van der Waals surface area contributed by atoms with Crippen molar-refractivity contribution >= 4 is 17.3 Å². The lowest BCUT2D eigenvalue weighted by atomic mass is 9.96. The van der Waals surface area contributed by atoms with Crippen molar-refractivity contribution in [2.45, 2.75) is 26.7 Å². The number of carbonyl (C=O) groups excluding carboxylic acids is 1. The first-order valence-electron chi connectivity index (χ1n) is 8.60. The number of nitrogens with one attached hydrogen (secondary N) is 1. The van der Waals surface area contributed by atoms with Crippen LogP contribution in [0.15, 0.2) is 35.3 Å². The molecule has 132 valence electrons. The standard InChI is InChI=1S/C19H24N4O2/c1-13-6-7-14(2)17(9-13)21-19(25)15-5-4-8-23(12-15)16-10-18(24)22(3)20-11-16/h6-7,9-11,15H,4-5,8,12H2,1-3H3,(H,21,25)/t15-/m1/s1. The third-order valence-electron chi connectivity index (χ3n) is 4.76. The van der Waals surface area contributed by atoms with Crippen molar-refractivity contribution in [2.75, 3.05) is 23.3 Å². The molecule has 1 fully saturated rings. The minimum Gasteiger partial charge on any atom is -0.369 e. The minimum atomic E-state index is -0.139. The Hall–Kier alpha value is -2.63. The number of amides is 1. The van der Waals surface area contributed by atoms with Gasteiger partial charge in [-0.25, -0.2) is 4.68 Å². The molecule has 1 N–H and O–H groups in total. The summed E-state index contributed by atoms with van der Waals surface area (Å²) in [5, 5.41) is 7.14. The van der Waals surface area contributed by atoms with Crippen LogP contribution >= 0.6 is 0 Å². The highest BCUT2D eigenvalue weighted by Gasteiger charge is 2.26. The van der Waals surface area contributed by atoms with E-state index in [0.29, 0.717) is 6.54 Å². The Kier molecular flexibility index (Phi) is 4.88. The molecule has 0 spiro atoms. The number of carbonyl (C=O) groups is 1. The van der Waals surface area contributed by atoms with Crippen LogP contribution in [0.25, 0.3) is 0 Å². The molecule has 0 aliphatic carbocycles. The Morgan fingerprint density at radius 2 is 2.08 bits per heavy atom. The van der Waals surface area contributed by atoms with Crippen LogP contribution in [0.1, 0.15) is 24.0 Å². The molecule has 0 bridgehead atoms.